The van der Waals surface area contributed by atoms with Gasteiger partial charge in [-0.1, -0.05) is 23.7 Å². The van der Waals surface area contributed by atoms with Gasteiger partial charge in [0, 0.05) is 41.8 Å². The van der Waals surface area contributed by atoms with Crippen molar-refractivity contribution in [2.75, 3.05) is 5.73 Å². The van der Waals surface area contributed by atoms with Crippen LogP contribution in [0.4, 0.5) is 32.0 Å². The zero-order valence-electron chi connectivity index (χ0n) is 20.1. The van der Waals surface area contributed by atoms with E-state index in [-0.39, 0.29) is 34.1 Å². The van der Waals surface area contributed by atoms with Gasteiger partial charge < -0.3 is 5.73 Å². The number of pyridine rings is 2. The first kappa shape index (κ1) is 27.1. The zero-order chi connectivity index (χ0) is 28.6. The Kier molecular flexibility index (Phi) is 7.19. The van der Waals surface area contributed by atoms with Crippen LogP contribution in [-0.4, -0.2) is 34.5 Å². The van der Waals surface area contributed by atoms with Crippen molar-refractivity contribution in [3.63, 3.8) is 0 Å². The van der Waals surface area contributed by atoms with Crippen LogP contribution in [0.2, 0.25) is 5.02 Å². The van der Waals surface area contributed by atoms with Crippen molar-refractivity contribution in [1.82, 2.24) is 34.5 Å². The zero-order valence-corrected chi connectivity index (χ0v) is 20.8. The van der Waals surface area contributed by atoms with Crippen molar-refractivity contribution in [1.29, 1.82) is 0 Å². The summed E-state index contributed by atoms with van der Waals surface area (Å²) < 4.78 is 82.2. The molecular formula is C25H17ClF6N8. The number of nitrogens with zero attached hydrogens (tertiary/aromatic N) is 7. The van der Waals surface area contributed by atoms with Gasteiger partial charge in [0.15, 0.2) is 11.6 Å². The maximum Gasteiger partial charge on any atom is 0.433 e. The molecule has 0 aliphatic rings. The molecule has 0 radical (unpaired) electrons. The highest BCUT2D eigenvalue weighted by Crippen LogP contribution is 2.34. The third kappa shape index (κ3) is 5.34. The molecule has 5 aromatic rings. The number of hydrogen-bond donors (Lipinski definition) is 1. The molecule has 0 spiro atoms. The van der Waals surface area contributed by atoms with E-state index in [1.54, 1.807) is 12.1 Å². The second-order valence-electron chi connectivity index (χ2n) is 8.58. The molecule has 0 saturated heterocycles. The van der Waals surface area contributed by atoms with E-state index >= 15 is 0 Å². The monoisotopic (exact) mass is 578 g/mol. The predicted molar refractivity (Wildman–Crippen MR) is 133 cm³/mol. The summed E-state index contributed by atoms with van der Waals surface area (Å²) >= 11 is 5.91. The summed E-state index contributed by atoms with van der Waals surface area (Å²) in [4.78, 5) is 11.8. The average molecular weight is 579 g/mol. The topological polar surface area (TPSA) is 100 Å². The Hall–Kier alpha value is -4.46. The van der Waals surface area contributed by atoms with Crippen LogP contribution in [0.5, 0.6) is 0 Å². The number of alkyl halides is 5. The molecule has 8 nitrogen and oxygen atoms in total. The van der Waals surface area contributed by atoms with Crippen molar-refractivity contribution in [2.45, 2.75) is 25.2 Å². The molecule has 0 aliphatic heterocycles. The number of nitrogen functional groups attached to an aromatic ring is 1. The second-order valence-corrected chi connectivity index (χ2v) is 8.99. The largest absolute Gasteiger partial charge is 0.433 e. The Morgan fingerprint density at radius 1 is 0.900 bits per heavy atom. The molecule has 5 rings (SSSR count). The van der Waals surface area contributed by atoms with Gasteiger partial charge in [-0.2, -0.15) is 36.8 Å². The molecule has 2 N–H and O–H groups in total. The fourth-order valence-corrected chi connectivity index (χ4v) is 4.26. The maximum absolute atomic E-state index is 14.7. The van der Waals surface area contributed by atoms with Gasteiger partial charge in [0.05, 0.1) is 28.5 Å². The molecule has 206 valence electrons. The molecule has 15 heteroatoms. The van der Waals surface area contributed by atoms with Crippen LogP contribution < -0.4 is 5.73 Å². The minimum atomic E-state index is -4.61. The van der Waals surface area contributed by atoms with Crippen LogP contribution in [0.15, 0.2) is 67.5 Å². The van der Waals surface area contributed by atoms with Crippen molar-refractivity contribution in [3.05, 3.63) is 95.3 Å². The predicted octanol–water partition coefficient (Wildman–Crippen LogP) is 6.22. The van der Waals surface area contributed by atoms with Crippen LogP contribution in [0.1, 0.15) is 29.5 Å². The van der Waals surface area contributed by atoms with Gasteiger partial charge >= 0.3 is 12.7 Å². The van der Waals surface area contributed by atoms with Gasteiger partial charge in [0.2, 0.25) is 0 Å². The fourth-order valence-electron chi connectivity index (χ4n) is 4.10. The van der Waals surface area contributed by atoms with Crippen molar-refractivity contribution < 1.29 is 26.3 Å². The molecule has 1 atom stereocenters. The molecule has 1 unspecified atom stereocenters. The molecule has 4 heterocycles. The van der Waals surface area contributed by atoms with Gasteiger partial charge in [-0.15, -0.1) is 0 Å². The first-order chi connectivity index (χ1) is 19.0. The van der Waals surface area contributed by atoms with E-state index in [2.05, 4.69) is 25.1 Å². The summed E-state index contributed by atoms with van der Waals surface area (Å²) in [5, 5.41) is 7.67. The molecule has 4 aromatic heterocycles. The lowest BCUT2D eigenvalue weighted by molar-refractivity contribution is -0.141. The molecule has 0 bridgehead atoms. The maximum atomic E-state index is 14.7. The summed E-state index contributed by atoms with van der Waals surface area (Å²) in [5.41, 5.74) is 6.45. The highest BCUT2D eigenvalue weighted by atomic mass is 35.5. The molecule has 40 heavy (non-hydrogen) atoms. The Morgan fingerprint density at radius 3 is 2.35 bits per heavy atom. The Bertz CT molecular complexity index is 1630. The van der Waals surface area contributed by atoms with Crippen LogP contribution in [0.25, 0.3) is 22.5 Å². The number of halogens is 7. The molecule has 0 aliphatic carbocycles. The van der Waals surface area contributed by atoms with E-state index in [1.165, 1.54) is 41.5 Å². The molecular weight excluding hydrogens is 562 g/mol. The van der Waals surface area contributed by atoms with Gasteiger partial charge in [-0.3, -0.25) is 14.6 Å². The number of rotatable bonds is 7. The van der Waals surface area contributed by atoms with E-state index in [9.17, 15) is 26.3 Å². The Labute approximate surface area is 227 Å². The van der Waals surface area contributed by atoms with E-state index in [0.717, 1.165) is 18.6 Å². The summed E-state index contributed by atoms with van der Waals surface area (Å²) in [7, 11) is 0. The summed E-state index contributed by atoms with van der Waals surface area (Å²) in [6.45, 7) is -2.94. The van der Waals surface area contributed by atoms with Gasteiger partial charge in [0.1, 0.15) is 12.0 Å². The van der Waals surface area contributed by atoms with Crippen LogP contribution in [0, 0.1) is 5.82 Å². The van der Waals surface area contributed by atoms with Gasteiger partial charge in [-0.25, -0.2) is 9.37 Å². The normalized spacial score (nSPS) is 12.7. The minimum Gasteiger partial charge on any atom is -0.398 e. The minimum absolute atomic E-state index is 0.0581. The van der Waals surface area contributed by atoms with Crippen LogP contribution in [-0.2, 0) is 12.6 Å². The number of hydrogen-bond acceptors (Lipinski definition) is 6. The standard InChI is InChI=1S/C25H17ClF6N8/c26-16-3-4-17(33)21(22(16)27)14-2-5-18(34-9-14)19(7-13-1-6-20(35-8-13)25(30,31)32)39-11-15(10-37-39)23-36-12-38-40(23)24(28)29/h1-6,8-12,19,24H,7,33H2. The Morgan fingerprint density at radius 2 is 1.70 bits per heavy atom. The van der Waals surface area contributed by atoms with E-state index < -0.39 is 30.3 Å². The third-order valence-electron chi connectivity index (χ3n) is 6.02. The van der Waals surface area contributed by atoms with Crippen LogP contribution >= 0.6 is 11.6 Å². The first-order valence-corrected chi connectivity index (χ1v) is 11.8. The quantitative estimate of drug-likeness (QED) is 0.182. The number of aromatic nitrogens is 7. The number of anilines is 1. The molecule has 0 fully saturated rings. The lowest BCUT2D eigenvalue weighted by Gasteiger charge is -2.18. The van der Waals surface area contributed by atoms with Crippen LogP contribution in [0.3, 0.4) is 0 Å². The van der Waals surface area contributed by atoms with Crippen molar-refractivity contribution in [2.24, 2.45) is 0 Å². The Balaban J connectivity index is 1.53. The lowest BCUT2D eigenvalue weighted by atomic mass is 10.0. The SMILES string of the molecule is Nc1ccc(Cl)c(F)c1-c1ccc(C(Cc2ccc(C(F)(F)F)nc2)n2cc(-c3ncnn3C(F)F)cn2)nc1. The smallest absolute Gasteiger partial charge is 0.398 e. The lowest BCUT2D eigenvalue weighted by Crippen LogP contribution is -2.16. The second kappa shape index (κ2) is 10.6. The van der Waals surface area contributed by atoms with E-state index in [4.69, 9.17) is 17.3 Å². The van der Waals surface area contributed by atoms with Gasteiger partial charge in [0.25, 0.3) is 0 Å². The third-order valence-corrected chi connectivity index (χ3v) is 6.32. The summed E-state index contributed by atoms with van der Waals surface area (Å²) in [6.07, 6.45) is 1.65. The highest BCUT2D eigenvalue weighted by molar-refractivity contribution is 6.31. The molecule has 0 saturated carbocycles. The summed E-state index contributed by atoms with van der Waals surface area (Å²) in [5.74, 6) is -0.852. The fraction of sp³-hybridized carbons (Fsp3) is 0.160. The average Bonchev–Trinajstić information content (AvgIpc) is 3.60. The van der Waals surface area contributed by atoms with Crippen molar-refractivity contribution >= 4 is 17.3 Å². The number of benzene rings is 1. The van der Waals surface area contributed by atoms with Gasteiger partial charge in [-0.05, 0) is 29.8 Å². The van der Waals surface area contributed by atoms with E-state index in [0.29, 0.717) is 21.5 Å². The van der Waals surface area contributed by atoms with Crippen molar-refractivity contribution in [3.8, 4) is 22.5 Å². The molecule has 1 aromatic carbocycles. The summed E-state index contributed by atoms with van der Waals surface area (Å²) in [6, 6.07) is 7.31. The number of nitrogens with two attached hydrogens (primary N) is 1. The molecule has 0 amide bonds. The first-order valence-electron chi connectivity index (χ1n) is 11.5. The van der Waals surface area contributed by atoms with E-state index in [1.807, 2.05) is 0 Å². The highest BCUT2D eigenvalue weighted by Gasteiger charge is 2.32.